The fraction of sp³-hybridized carbons (Fsp3) is 1.00. The highest BCUT2D eigenvalue weighted by atomic mass is 15.0. The minimum atomic E-state index is 0.248. The standard InChI is InChI=1S/C13H28N2/c1-4-5-12-6-8-13(10-14,9-7-12)15-11(2)3/h11-12,15H,4-10,14H2,1-3H3. The number of nitrogens with one attached hydrogen (secondary N) is 1. The maximum Gasteiger partial charge on any atom is 0.0306 e. The third-order valence-electron chi connectivity index (χ3n) is 3.74. The smallest absolute Gasteiger partial charge is 0.0306 e. The summed E-state index contributed by atoms with van der Waals surface area (Å²) in [6, 6.07) is 0.552. The van der Waals surface area contributed by atoms with Crippen molar-refractivity contribution in [3.8, 4) is 0 Å². The van der Waals surface area contributed by atoms with Gasteiger partial charge in [-0.25, -0.2) is 0 Å². The molecule has 0 aromatic rings. The summed E-state index contributed by atoms with van der Waals surface area (Å²) in [7, 11) is 0. The van der Waals surface area contributed by atoms with E-state index in [4.69, 9.17) is 5.73 Å². The first kappa shape index (κ1) is 13.0. The summed E-state index contributed by atoms with van der Waals surface area (Å²) >= 11 is 0. The average molecular weight is 212 g/mol. The molecule has 1 aliphatic carbocycles. The van der Waals surface area contributed by atoms with Gasteiger partial charge in [0.2, 0.25) is 0 Å². The Labute approximate surface area is 95.0 Å². The lowest BCUT2D eigenvalue weighted by atomic mass is 9.75. The molecule has 2 nitrogen and oxygen atoms in total. The first-order chi connectivity index (χ1) is 7.12. The predicted octanol–water partition coefficient (Wildman–Crippen LogP) is 2.67. The van der Waals surface area contributed by atoms with Gasteiger partial charge >= 0.3 is 0 Å². The second-order valence-electron chi connectivity index (χ2n) is 5.52. The molecule has 0 unspecified atom stereocenters. The van der Waals surface area contributed by atoms with Crippen LogP contribution in [0, 0.1) is 5.92 Å². The zero-order chi connectivity index (χ0) is 11.3. The molecule has 0 saturated heterocycles. The van der Waals surface area contributed by atoms with Crippen LogP contribution in [0.25, 0.3) is 0 Å². The van der Waals surface area contributed by atoms with Crippen molar-refractivity contribution < 1.29 is 0 Å². The van der Waals surface area contributed by atoms with Crippen molar-refractivity contribution in [2.75, 3.05) is 6.54 Å². The molecule has 1 rings (SSSR count). The van der Waals surface area contributed by atoms with E-state index in [0.29, 0.717) is 6.04 Å². The first-order valence-corrected chi connectivity index (χ1v) is 6.59. The highest BCUT2D eigenvalue weighted by Crippen LogP contribution is 2.34. The normalized spacial score (nSPS) is 32.2. The molecular formula is C13H28N2. The fourth-order valence-electron chi connectivity index (χ4n) is 2.95. The van der Waals surface area contributed by atoms with Crippen LogP contribution in [0.3, 0.4) is 0 Å². The first-order valence-electron chi connectivity index (χ1n) is 6.59. The maximum absolute atomic E-state index is 5.94. The van der Waals surface area contributed by atoms with Gasteiger partial charge in [-0.1, -0.05) is 33.6 Å². The molecule has 0 heterocycles. The summed E-state index contributed by atoms with van der Waals surface area (Å²) < 4.78 is 0. The molecule has 1 aliphatic rings. The fourth-order valence-corrected chi connectivity index (χ4v) is 2.95. The van der Waals surface area contributed by atoms with Crippen LogP contribution < -0.4 is 11.1 Å². The zero-order valence-electron chi connectivity index (χ0n) is 10.7. The molecule has 0 aromatic carbocycles. The monoisotopic (exact) mass is 212 g/mol. The van der Waals surface area contributed by atoms with Crippen LogP contribution in [0.15, 0.2) is 0 Å². The summed E-state index contributed by atoms with van der Waals surface area (Å²) in [4.78, 5) is 0. The second kappa shape index (κ2) is 5.86. The van der Waals surface area contributed by atoms with Crippen molar-refractivity contribution in [3.63, 3.8) is 0 Å². The molecule has 0 atom stereocenters. The van der Waals surface area contributed by atoms with E-state index in [9.17, 15) is 0 Å². The summed E-state index contributed by atoms with van der Waals surface area (Å²) in [5.41, 5.74) is 6.19. The highest BCUT2D eigenvalue weighted by molar-refractivity contribution is 4.94. The van der Waals surface area contributed by atoms with E-state index in [-0.39, 0.29) is 5.54 Å². The molecule has 0 aliphatic heterocycles. The summed E-state index contributed by atoms with van der Waals surface area (Å²) in [6.45, 7) is 7.52. The van der Waals surface area contributed by atoms with Crippen molar-refractivity contribution in [1.29, 1.82) is 0 Å². The Balaban J connectivity index is 2.43. The van der Waals surface area contributed by atoms with Crippen molar-refractivity contribution in [3.05, 3.63) is 0 Å². The number of hydrogen-bond acceptors (Lipinski definition) is 2. The molecule has 0 amide bonds. The predicted molar refractivity (Wildman–Crippen MR) is 66.9 cm³/mol. The maximum atomic E-state index is 5.94. The van der Waals surface area contributed by atoms with Crippen LogP contribution in [-0.2, 0) is 0 Å². The Morgan fingerprint density at radius 3 is 2.33 bits per heavy atom. The van der Waals surface area contributed by atoms with E-state index in [0.717, 1.165) is 12.5 Å². The van der Waals surface area contributed by atoms with Crippen LogP contribution >= 0.6 is 0 Å². The molecular weight excluding hydrogens is 184 g/mol. The molecule has 90 valence electrons. The Hall–Kier alpha value is -0.0800. The lowest BCUT2D eigenvalue weighted by Crippen LogP contribution is -2.55. The zero-order valence-corrected chi connectivity index (χ0v) is 10.7. The third kappa shape index (κ3) is 3.76. The van der Waals surface area contributed by atoms with Crippen molar-refractivity contribution in [1.82, 2.24) is 5.32 Å². The quantitative estimate of drug-likeness (QED) is 0.735. The SMILES string of the molecule is CCCC1CCC(CN)(NC(C)C)CC1. The largest absolute Gasteiger partial charge is 0.329 e. The Kier molecular flexibility index (Phi) is 5.07. The van der Waals surface area contributed by atoms with Gasteiger partial charge in [0.25, 0.3) is 0 Å². The lowest BCUT2D eigenvalue weighted by Gasteiger charge is -2.41. The molecule has 0 aromatic heterocycles. The van der Waals surface area contributed by atoms with Crippen LogP contribution in [-0.4, -0.2) is 18.1 Å². The topological polar surface area (TPSA) is 38.0 Å². The molecule has 1 saturated carbocycles. The van der Waals surface area contributed by atoms with Gasteiger partial charge in [0, 0.05) is 18.1 Å². The van der Waals surface area contributed by atoms with E-state index < -0.39 is 0 Å². The molecule has 0 bridgehead atoms. The molecule has 2 heteroatoms. The van der Waals surface area contributed by atoms with Crippen LogP contribution in [0.1, 0.15) is 59.3 Å². The third-order valence-corrected chi connectivity index (χ3v) is 3.74. The van der Waals surface area contributed by atoms with Gasteiger partial charge in [0.15, 0.2) is 0 Å². The number of hydrogen-bond donors (Lipinski definition) is 2. The van der Waals surface area contributed by atoms with Crippen molar-refractivity contribution in [2.45, 2.75) is 70.9 Å². The minimum Gasteiger partial charge on any atom is -0.329 e. The Morgan fingerprint density at radius 1 is 1.33 bits per heavy atom. The molecule has 3 N–H and O–H groups in total. The van der Waals surface area contributed by atoms with Crippen molar-refractivity contribution in [2.24, 2.45) is 11.7 Å². The number of rotatable bonds is 5. The van der Waals surface area contributed by atoms with Gasteiger partial charge in [-0.2, -0.15) is 0 Å². The van der Waals surface area contributed by atoms with E-state index in [1.807, 2.05) is 0 Å². The van der Waals surface area contributed by atoms with E-state index in [1.165, 1.54) is 38.5 Å². The van der Waals surface area contributed by atoms with Gasteiger partial charge in [-0.3, -0.25) is 0 Å². The summed E-state index contributed by atoms with van der Waals surface area (Å²) in [5.74, 6) is 0.962. The molecule has 1 fully saturated rings. The Bertz CT molecular complexity index is 169. The van der Waals surface area contributed by atoms with Gasteiger partial charge < -0.3 is 11.1 Å². The lowest BCUT2D eigenvalue weighted by molar-refractivity contribution is 0.177. The summed E-state index contributed by atoms with van der Waals surface area (Å²) in [5, 5.41) is 3.68. The average Bonchev–Trinajstić information content (AvgIpc) is 2.21. The van der Waals surface area contributed by atoms with E-state index >= 15 is 0 Å². The second-order valence-corrected chi connectivity index (χ2v) is 5.52. The highest BCUT2D eigenvalue weighted by Gasteiger charge is 2.33. The molecule has 15 heavy (non-hydrogen) atoms. The summed E-state index contributed by atoms with van der Waals surface area (Å²) in [6.07, 6.45) is 8.01. The minimum absolute atomic E-state index is 0.248. The van der Waals surface area contributed by atoms with Gasteiger partial charge in [-0.15, -0.1) is 0 Å². The van der Waals surface area contributed by atoms with E-state index in [2.05, 4.69) is 26.1 Å². The number of nitrogens with two attached hydrogens (primary N) is 1. The molecule has 0 radical (unpaired) electrons. The Morgan fingerprint density at radius 2 is 1.93 bits per heavy atom. The van der Waals surface area contributed by atoms with Crippen LogP contribution in [0.5, 0.6) is 0 Å². The van der Waals surface area contributed by atoms with Gasteiger partial charge in [0.05, 0.1) is 0 Å². The van der Waals surface area contributed by atoms with Crippen molar-refractivity contribution >= 4 is 0 Å². The van der Waals surface area contributed by atoms with Crippen LogP contribution in [0.4, 0.5) is 0 Å². The molecule has 0 spiro atoms. The van der Waals surface area contributed by atoms with Crippen LogP contribution in [0.2, 0.25) is 0 Å². The van der Waals surface area contributed by atoms with Gasteiger partial charge in [0.1, 0.15) is 0 Å². The van der Waals surface area contributed by atoms with E-state index in [1.54, 1.807) is 0 Å². The van der Waals surface area contributed by atoms with Gasteiger partial charge in [-0.05, 0) is 31.6 Å².